The summed E-state index contributed by atoms with van der Waals surface area (Å²) in [6, 6.07) is 13.6. The molecule has 7 aromatic rings. The first-order valence-electron chi connectivity index (χ1n) is 14.2. The van der Waals surface area contributed by atoms with Crippen LogP contribution in [0.3, 0.4) is 0 Å². The first-order valence-corrected chi connectivity index (χ1v) is 14.2. The van der Waals surface area contributed by atoms with Gasteiger partial charge in [0.15, 0.2) is 0 Å². The summed E-state index contributed by atoms with van der Waals surface area (Å²) in [5, 5.41) is 13.5. The van der Waals surface area contributed by atoms with Crippen molar-refractivity contribution in [1.29, 1.82) is 0 Å². The van der Waals surface area contributed by atoms with Crippen molar-refractivity contribution in [2.45, 2.75) is 78.7 Å². The molecule has 0 radical (unpaired) electrons. The SMILES string of the molecule is CCCCc1cc2c3c(=O)n(CCCC)c(=O)c3c3cc(CCCC)c4ccc5ccc1c1c5c4c3c21. The van der Waals surface area contributed by atoms with Gasteiger partial charge in [-0.2, -0.15) is 0 Å². The summed E-state index contributed by atoms with van der Waals surface area (Å²) in [7, 11) is 0. The largest absolute Gasteiger partial charge is 0.274 e. The molecule has 0 bridgehead atoms. The van der Waals surface area contributed by atoms with Crippen LogP contribution < -0.4 is 11.1 Å². The molecule has 0 aliphatic rings. The predicted octanol–water partition coefficient (Wildman–Crippen LogP) is 8.36. The van der Waals surface area contributed by atoms with E-state index >= 15 is 0 Å². The average Bonchev–Trinajstić information content (AvgIpc) is 3.40. The van der Waals surface area contributed by atoms with Crippen LogP contribution in [0.4, 0.5) is 0 Å². The lowest BCUT2D eigenvalue weighted by atomic mass is 9.90. The third-order valence-electron chi connectivity index (χ3n) is 8.85. The Kier molecular flexibility index (Phi) is 5.08. The summed E-state index contributed by atoms with van der Waals surface area (Å²) < 4.78 is 1.52. The molecule has 3 nitrogen and oxygen atoms in total. The van der Waals surface area contributed by atoms with Crippen molar-refractivity contribution in [3.05, 3.63) is 68.2 Å². The van der Waals surface area contributed by atoms with Crippen molar-refractivity contribution in [1.82, 2.24) is 4.57 Å². The molecule has 0 N–H and O–H groups in total. The lowest BCUT2D eigenvalue weighted by Gasteiger charge is -2.12. The second kappa shape index (κ2) is 8.28. The van der Waals surface area contributed by atoms with Gasteiger partial charge in [-0.25, -0.2) is 0 Å². The Labute approximate surface area is 216 Å². The van der Waals surface area contributed by atoms with Gasteiger partial charge >= 0.3 is 0 Å². The summed E-state index contributed by atoms with van der Waals surface area (Å²) >= 11 is 0. The molecule has 0 amide bonds. The van der Waals surface area contributed by atoms with Crippen LogP contribution in [-0.2, 0) is 19.4 Å². The average molecular weight is 488 g/mol. The highest BCUT2D eigenvalue weighted by molar-refractivity contribution is 6.48. The second-order valence-electron chi connectivity index (χ2n) is 11.1. The number of hydrogen-bond acceptors (Lipinski definition) is 2. The molecule has 7 rings (SSSR count). The summed E-state index contributed by atoms with van der Waals surface area (Å²) in [5.41, 5.74) is 2.40. The van der Waals surface area contributed by atoms with E-state index in [1.54, 1.807) is 0 Å². The van der Waals surface area contributed by atoms with Gasteiger partial charge in [0.25, 0.3) is 11.1 Å². The standard InChI is InChI=1S/C34H33NO2/c1-4-7-10-20-17-24-29-27-22(20)14-12-19-13-15-23-21(11-8-5-2)18-25(30(29)28(23)26(19)27)32-31(24)33(36)35(34(32)37)16-9-6-3/h12-15,17-18H,4-11,16H2,1-3H3. The van der Waals surface area contributed by atoms with Gasteiger partial charge in [-0.3, -0.25) is 14.2 Å². The Morgan fingerprint density at radius 1 is 0.541 bits per heavy atom. The van der Waals surface area contributed by atoms with Crippen molar-refractivity contribution in [2.75, 3.05) is 0 Å². The van der Waals surface area contributed by atoms with E-state index in [2.05, 4.69) is 57.2 Å². The van der Waals surface area contributed by atoms with Crippen molar-refractivity contribution >= 4 is 64.6 Å². The van der Waals surface area contributed by atoms with Crippen LogP contribution in [0.25, 0.3) is 64.6 Å². The molecule has 186 valence electrons. The van der Waals surface area contributed by atoms with Crippen LogP contribution >= 0.6 is 0 Å². The van der Waals surface area contributed by atoms with Crippen molar-refractivity contribution in [2.24, 2.45) is 0 Å². The zero-order valence-electron chi connectivity index (χ0n) is 22.1. The second-order valence-corrected chi connectivity index (χ2v) is 11.1. The summed E-state index contributed by atoms with van der Waals surface area (Å²) in [6.45, 7) is 7.05. The number of aromatic nitrogens is 1. The lowest BCUT2D eigenvalue weighted by molar-refractivity contribution is 0.609. The van der Waals surface area contributed by atoms with Crippen LogP contribution in [0.15, 0.2) is 46.0 Å². The lowest BCUT2D eigenvalue weighted by Crippen LogP contribution is -2.25. The number of fused-ring (bicyclic) bond motifs is 3. The normalized spacial score (nSPS) is 12.8. The highest BCUT2D eigenvalue weighted by Crippen LogP contribution is 2.51. The maximum absolute atomic E-state index is 13.9. The minimum absolute atomic E-state index is 0.102. The number of aryl methyl sites for hydroxylation is 2. The van der Waals surface area contributed by atoms with Crippen LogP contribution in [0.2, 0.25) is 0 Å². The van der Waals surface area contributed by atoms with Crippen molar-refractivity contribution < 1.29 is 0 Å². The highest BCUT2D eigenvalue weighted by Gasteiger charge is 2.28. The number of unbranched alkanes of at least 4 members (excludes halogenated alkanes) is 3. The molecular formula is C34H33NO2. The van der Waals surface area contributed by atoms with Gasteiger partial charge in [0.2, 0.25) is 0 Å². The van der Waals surface area contributed by atoms with Gasteiger partial charge in [0.05, 0.1) is 10.8 Å². The topological polar surface area (TPSA) is 39.1 Å². The predicted molar refractivity (Wildman–Crippen MR) is 159 cm³/mol. The van der Waals surface area contributed by atoms with Crippen LogP contribution in [0.1, 0.15) is 70.4 Å². The smallest absolute Gasteiger partial charge is 0.262 e. The summed E-state index contributed by atoms with van der Waals surface area (Å²) in [4.78, 5) is 27.9. The van der Waals surface area contributed by atoms with Gasteiger partial charge in [-0.05, 0) is 109 Å². The van der Waals surface area contributed by atoms with Crippen LogP contribution in [0, 0.1) is 0 Å². The molecule has 0 saturated carbocycles. The number of benzene rings is 5. The van der Waals surface area contributed by atoms with E-state index in [4.69, 9.17) is 0 Å². The van der Waals surface area contributed by atoms with Gasteiger partial charge < -0.3 is 0 Å². The Hall–Kier alpha value is -3.46. The minimum atomic E-state index is -0.102. The number of hydrogen-bond donors (Lipinski definition) is 0. The van der Waals surface area contributed by atoms with Crippen molar-refractivity contribution in [3.63, 3.8) is 0 Å². The molecule has 1 heterocycles. The van der Waals surface area contributed by atoms with Gasteiger partial charge in [-0.15, -0.1) is 0 Å². The fourth-order valence-corrected chi connectivity index (χ4v) is 7.05. The van der Waals surface area contributed by atoms with Crippen LogP contribution in [0.5, 0.6) is 0 Å². The van der Waals surface area contributed by atoms with E-state index in [0.717, 1.165) is 62.1 Å². The van der Waals surface area contributed by atoms with Crippen molar-refractivity contribution in [3.8, 4) is 0 Å². The molecule has 0 fully saturated rings. The Morgan fingerprint density at radius 2 is 1.00 bits per heavy atom. The zero-order valence-corrected chi connectivity index (χ0v) is 22.1. The maximum Gasteiger partial charge on any atom is 0.262 e. The Bertz CT molecular complexity index is 1890. The minimum Gasteiger partial charge on any atom is -0.274 e. The molecule has 6 aromatic carbocycles. The quantitative estimate of drug-likeness (QED) is 0.192. The third kappa shape index (κ3) is 2.89. The third-order valence-corrected chi connectivity index (χ3v) is 8.85. The maximum atomic E-state index is 13.9. The number of rotatable bonds is 9. The van der Waals surface area contributed by atoms with E-state index in [0.29, 0.717) is 17.3 Å². The van der Waals surface area contributed by atoms with E-state index in [-0.39, 0.29) is 11.1 Å². The monoisotopic (exact) mass is 487 g/mol. The molecular weight excluding hydrogens is 454 g/mol. The van der Waals surface area contributed by atoms with Gasteiger partial charge in [0.1, 0.15) is 0 Å². The molecule has 0 saturated heterocycles. The Balaban J connectivity index is 1.78. The molecule has 0 atom stereocenters. The zero-order chi connectivity index (χ0) is 25.4. The van der Waals surface area contributed by atoms with Crippen LogP contribution in [-0.4, -0.2) is 4.57 Å². The van der Waals surface area contributed by atoms with E-state index in [1.165, 1.54) is 58.8 Å². The molecule has 3 heteroatoms. The fourth-order valence-electron chi connectivity index (χ4n) is 7.05. The van der Waals surface area contributed by atoms with E-state index in [9.17, 15) is 9.59 Å². The molecule has 0 unspecified atom stereocenters. The Morgan fingerprint density at radius 3 is 1.46 bits per heavy atom. The molecule has 0 aliphatic heterocycles. The fraction of sp³-hybridized carbons (Fsp3) is 0.353. The first-order chi connectivity index (χ1) is 18.1. The molecule has 0 aliphatic carbocycles. The molecule has 0 spiro atoms. The van der Waals surface area contributed by atoms with E-state index < -0.39 is 0 Å². The molecule has 37 heavy (non-hydrogen) atoms. The summed E-state index contributed by atoms with van der Waals surface area (Å²) in [6.07, 6.45) is 8.21. The summed E-state index contributed by atoms with van der Waals surface area (Å²) in [5.74, 6) is 0. The first kappa shape index (κ1) is 22.7. The number of nitrogens with zero attached hydrogens (tertiary/aromatic N) is 1. The van der Waals surface area contributed by atoms with Gasteiger partial charge in [0, 0.05) is 6.54 Å². The van der Waals surface area contributed by atoms with E-state index in [1.807, 2.05) is 0 Å². The highest BCUT2D eigenvalue weighted by atomic mass is 16.2. The molecule has 1 aromatic heterocycles. The van der Waals surface area contributed by atoms with Gasteiger partial charge in [-0.1, -0.05) is 64.3 Å².